The maximum atomic E-state index is 13.0. The van der Waals surface area contributed by atoms with Crippen LogP contribution in [0.2, 0.25) is 0 Å². The van der Waals surface area contributed by atoms with Crippen LogP contribution in [0.1, 0.15) is 41.1 Å². The van der Waals surface area contributed by atoms with Crippen molar-refractivity contribution >= 4 is 5.78 Å². The van der Waals surface area contributed by atoms with Gasteiger partial charge < -0.3 is 0 Å². The van der Waals surface area contributed by atoms with Gasteiger partial charge in [0.05, 0.1) is 0 Å². The molecule has 21 heavy (non-hydrogen) atoms. The van der Waals surface area contributed by atoms with E-state index in [2.05, 4.69) is 30.3 Å². The van der Waals surface area contributed by atoms with Gasteiger partial charge in [-0.2, -0.15) is 0 Å². The Morgan fingerprint density at radius 3 is 2.14 bits per heavy atom. The topological polar surface area (TPSA) is 17.1 Å². The van der Waals surface area contributed by atoms with Crippen molar-refractivity contribution in [1.82, 2.24) is 0 Å². The van der Waals surface area contributed by atoms with E-state index in [9.17, 15) is 4.79 Å². The molecule has 0 spiro atoms. The van der Waals surface area contributed by atoms with Crippen LogP contribution in [0.4, 0.5) is 0 Å². The van der Waals surface area contributed by atoms with Crippen molar-refractivity contribution in [2.24, 2.45) is 17.8 Å². The lowest BCUT2D eigenvalue weighted by molar-refractivity contribution is 0.0853. The number of ketones is 1. The summed E-state index contributed by atoms with van der Waals surface area (Å²) in [5, 5.41) is 0. The fourth-order valence-electron chi connectivity index (χ4n) is 4.62. The number of Topliss-reactive ketones (excluding diaryl/α,β-unsaturated/α-hetero) is 1. The summed E-state index contributed by atoms with van der Waals surface area (Å²) in [4.78, 5) is 13.0. The molecule has 0 amide bonds. The van der Waals surface area contributed by atoms with Crippen LogP contribution in [0.15, 0.2) is 60.7 Å². The van der Waals surface area contributed by atoms with Crippen molar-refractivity contribution < 1.29 is 4.79 Å². The van der Waals surface area contributed by atoms with Crippen molar-refractivity contribution in [2.45, 2.75) is 25.2 Å². The standard InChI is InChI=1S/C20H20O/c21-20(15-9-5-2-6-10-15)19-17-12-11-16(13-17)18(19)14-7-3-1-4-8-14/h1-10,16-19H,11-13H2/t16-,17-,18+,19+/m0/s1. The van der Waals surface area contributed by atoms with Crippen molar-refractivity contribution in [2.75, 3.05) is 0 Å². The molecule has 2 aliphatic carbocycles. The van der Waals surface area contributed by atoms with Gasteiger partial charge in [-0.3, -0.25) is 4.79 Å². The van der Waals surface area contributed by atoms with Gasteiger partial charge in [-0.15, -0.1) is 0 Å². The van der Waals surface area contributed by atoms with Crippen LogP contribution in [0.3, 0.4) is 0 Å². The second kappa shape index (κ2) is 5.14. The van der Waals surface area contributed by atoms with E-state index in [-0.39, 0.29) is 5.92 Å². The van der Waals surface area contributed by atoms with Crippen LogP contribution in [-0.4, -0.2) is 5.78 Å². The molecule has 0 unspecified atom stereocenters. The predicted molar refractivity (Wildman–Crippen MR) is 84.3 cm³/mol. The Morgan fingerprint density at radius 1 is 0.810 bits per heavy atom. The van der Waals surface area contributed by atoms with Gasteiger partial charge in [0.1, 0.15) is 0 Å². The van der Waals surface area contributed by atoms with Gasteiger partial charge >= 0.3 is 0 Å². The molecular formula is C20H20O. The number of benzene rings is 2. The van der Waals surface area contributed by atoms with Crippen molar-refractivity contribution in [3.63, 3.8) is 0 Å². The van der Waals surface area contributed by atoms with Crippen LogP contribution >= 0.6 is 0 Å². The van der Waals surface area contributed by atoms with Gasteiger partial charge in [0, 0.05) is 11.5 Å². The Labute approximate surface area is 126 Å². The molecule has 106 valence electrons. The molecule has 2 aromatic rings. The van der Waals surface area contributed by atoms with E-state index in [1.165, 1.54) is 24.8 Å². The molecule has 2 aromatic carbocycles. The monoisotopic (exact) mass is 276 g/mol. The third-order valence-electron chi connectivity index (χ3n) is 5.46. The molecular weight excluding hydrogens is 256 g/mol. The number of hydrogen-bond acceptors (Lipinski definition) is 1. The summed E-state index contributed by atoms with van der Waals surface area (Å²) in [6, 6.07) is 20.5. The SMILES string of the molecule is O=C(c1ccccc1)[C@@H]1[C@H]2CC[C@@H](C2)[C@H]1c1ccccc1. The van der Waals surface area contributed by atoms with Gasteiger partial charge in [-0.05, 0) is 42.6 Å². The lowest BCUT2D eigenvalue weighted by Gasteiger charge is -2.30. The fourth-order valence-corrected chi connectivity index (χ4v) is 4.62. The molecule has 0 N–H and O–H groups in total. The molecule has 1 nitrogen and oxygen atoms in total. The molecule has 0 saturated heterocycles. The Kier molecular flexibility index (Phi) is 3.14. The van der Waals surface area contributed by atoms with E-state index in [1.807, 2.05) is 30.3 Å². The first-order valence-corrected chi connectivity index (χ1v) is 7.99. The zero-order chi connectivity index (χ0) is 14.2. The molecule has 2 aliphatic rings. The first-order chi connectivity index (χ1) is 10.3. The van der Waals surface area contributed by atoms with Gasteiger partial charge in [-0.1, -0.05) is 60.7 Å². The first-order valence-electron chi connectivity index (χ1n) is 7.99. The summed E-state index contributed by atoms with van der Waals surface area (Å²) in [5.41, 5.74) is 2.25. The van der Waals surface area contributed by atoms with Gasteiger partial charge in [0.2, 0.25) is 0 Å². The van der Waals surface area contributed by atoms with Gasteiger partial charge in [0.25, 0.3) is 0 Å². The summed E-state index contributed by atoms with van der Waals surface area (Å²) < 4.78 is 0. The minimum absolute atomic E-state index is 0.188. The minimum atomic E-state index is 0.188. The first kappa shape index (κ1) is 12.8. The van der Waals surface area contributed by atoms with Crippen LogP contribution in [0.25, 0.3) is 0 Å². The average molecular weight is 276 g/mol. The lowest BCUT2D eigenvalue weighted by Crippen LogP contribution is -2.28. The summed E-state index contributed by atoms with van der Waals surface area (Å²) in [5.74, 6) is 2.27. The highest BCUT2D eigenvalue weighted by Crippen LogP contribution is 2.57. The quantitative estimate of drug-likeness (QED) is 0.743. The second-order valence-electron chi connectivity index (χ2n) is 6.53. The highest BCUT2D eigenvalue weighted by Gasteiger charge is 2.50. The minimum Gasteiger partial charge on any atom is -0.294 e. The van der Waals surface area contributed by atoms with E-state index in [4.69, 9.17) is 0 Å². The molecule has 4 atom stereocenters. The van der Waals surface area contributed by atoms with E-state index in [1.54, 1.807) is 0 Å². The van der Waals surface area contributed by atoms with E-state index in [0.717, 1.165) is 5.56 Å². The van der Waals surface area contributed by atoms with Crippen LogP contribution in [-0.2, 0) is 0 Å². The summed E-state index contributed by atoms with van der Waals surface area (Å²) in [6.45, 7) is 0. The second-order valence-corrected chi connectivity index (χ2v) is 6.53. The molecule has 1 heteroatoms. The summed E-state index contributed by atoms with van der Waals surface area (Å²) in [7, 11) is 0. The smallest absolute Gasteiger partial charge is 0.166 e. The van der Waals surface area contributed by atoms with Crippen molar-refractivity contribution in [3.05, 3.63) is 71.8 Å². The summed E-state index contributed by atoms with van der Waals surface area (Å²) >= 11 is 0. The maximum Gasteiger partial charge on any atom is 0.166 e. The van der Waals surface area contributed by atoms with Crippen LogP contribution in [0, 0.1) is 17.8 Å². The number of rotatable bonds is 3. The molecule has 0 aliphatic heterocycles. The molecule has 0 heterocycles. The molecule has 2 fully saturated rings. The largest absolute Gasteiger partial charge is 0.294 e. The van der Waals surface area contributed by atoms with E-state index < -0.39 is 0 Å². The normalized spacial score (nSPS) is 30.5. The molecule has 2 saturated carbocycles. The lowest BCUT2D eigenvalue weighted by atomic mass is 9.72. The summed E-state index contributed by atoms with van der Waals surface area (Å²) in [6.07, 6.45) is 3.77. The Bertz CT molecular complexity index is 631. The average Bonchev–Trinajstić information content (AvgIpc) is 3.17. The van der Waals surface area contributed by atoms with Gasteiger partial charge in [-0.25, -0.2) is 0 Å². The number of carbonyl (C=O) groups is 1. The molecule has 4 rings (SSSR count). The number of hydrogen-bond donors (Lipinski definition) is 0. The zero-order valence-electron chi connectivity index (χ0n) is 12.1. The Balaban J connectivity index is 1.71. The number of fused-ring (bicyclic) bond motifs is 2. The highest BCUT2D eigenvalue weighted by atomic mass is 16.1. The van der Waals surface area contributed by atoms with Crippen LogP contribution in [0.5, 0.6) is 0 Å². The molecule has 0 aromatic heterocycles. The van der Waals surface area contributed by atoms with E-state index in [0.29, 0.717) is 23.5 Å². The molecule has 2 bridgehead atoms. The van der Waals surface area contributed by atoms with Crippen LogP contribution < -0.4 is 0 Å². The zero-order valence-corrected chi connectivity index (χ0v) is 12.1. The van der Waals surface area contributed by atoms with Gasteiger partial charge in [0.15, 0.2) is 5.78 Å². The maximum absolute atomic E-state index is 13.0. The van der Waals surface area contributed by atoms with Crippen molar-refractivity contribution in [3.8, 4) is 0 Å². The third kappa shape index (κ3) is 2.12. The van der Waals surface area contributed by atoms with Crippen molar-refractivity contribution in [1.29, 1.82) is 0 Å². The highest BCUT2D eigenvalue weighted by molar-refractivity contribution is 5.99. The van der Waals surface area contributed by atoms with E-state index >= 15 is 0 Å². The molecule has 0 radical (unpaired) electrons. The predicted octanol–water partition coefficient (Wildman–Crippen LogP) is 4.70. The Morgan fingerprint density at radius 2 is 1.43 bits per heavy atom. The Hall–Kier alpha value is -1.89. The number of carbonyl (C=O) groups excluding carboxylic acids is 1. The third-order valence-corrected chi connectivity index (χ3v) is 5.46. The fraction of sp³-hybridized carbons (Fsp3) is 0.350.